The largest absolute Gasteiger partial charge is 0.392 e. The number of fused-ring (bicyclic) bond motifs is 1. The number of likely N-dealkylation sites (tertiary alicyclic amines) is 1. The van der Waals surface area contributed by atoms with Crippen LogP contribution in [0, 0.1) is 5.82 Å². The fraction of sp³-hybridized carbons (Fsp3) is 0.269. The minimum Gasteiger partial charge on any atom is -0.392 e. The quantitative estimate of drug-likeness (QED) is 0.471. The maximum atomic E-state index is 14.1. The molecular formula is C26H26FN3O. The van der Waals surface area contributed by atoms with Gasteiger partial charge in [-0.15, -0.1) is 0 Å². The Morgan fingerprint density at radius 2 is 1.71 bits per heavy atom. The molecule has 0 radical (unpaired) electrons. The van der Waals surface area contributed by atoms with Crippen molar-refractivity contribution in [1.82, 2.24) is 14.3 Å². The Morgan fingerprint density at radius 3 is 2.45 bits per heavy atom. The van der Waals surface area contributed by atoms with Crippen LogP contribution >= 0.6 is 0 Å². The highest BCUT2D eigenvalue weighted by Gasteiger charge is 2.19. The summed E-state index contributed by atoms with van der Waals surface area (Å²) in [5.74, 6) is -0.394. The number of rotatable bonds is 5. The van der Waals surface area contributed by atoms with Gasteiger partial charge in [0.1, 0.15) is 11.5 Å². The molecule has 1 saturated heterocycles. The fourth-order valence-electron chi connectivity index (χ4n) is 4.55. The zero-order valence-electron chi connectivity index (χ0n) is 17.6. The van der Waals surface area contributed by atoms with E-state index in [-0.39, 0.29) is 6.61 Å². The van der Waals surface area contributed by atoms with E-state index in [1.165, 1.54) is 37.6 Å². The minimum absolute atomic E-state index is 0.310. The summed E-state index contributed by atoms with van der Waals surface area (Å²) < 4.78 is 16.0. The molecule has 158 valence electrons. The smallest absolute Gasteiger partial charge is 0.137 e. The molecule has 31 heavy (non-hydrogen) atoms. The highest BCUT2D eigenvalue weighted by atomic mass is 19.1. The molecule has 0 aliphatic carbocycles. The Hall–Kier alpha value is -3.02. The summed E-state index contributed by atoms with van der Waals surface area (Å²) >= 11 is 0. The van der Waals surface area contributed by atoms with Crippen LogP contribution in [0.1, 0.15) is 36.9 Å². The molecule has 5 rings (SSSR count). The lowest BCUT2D eigenvalue weighted by molar-refractivity contribution is 0.263. The van der Waals surface area contributed by atoms with Crippen molar-refractivity contribution in [1.29, 1.82) is 0 Å². The number of pyridine rings is 1. The predicted octanol–water partition coefficient (Wildman–Crippen LogP) is 5.46. The maximum absolute atomic E-state index is 14.1. The van der Waals surface area contributed by atoms with Gasteiger partial charge in [-0.25, -0.2) is 9.37 Å². The highest BCUT2D eigenvalue weighted by Crippen LogP contribution is 2.29. The average Bonchev–Trinajstić information content (AvgIpc) is 3.48. The number of nitrogens with zero attached hydrogens (tertiary/aromatic N) is 3. The number of hydrogen-bond donors (Lipinski definition) is 1. The Bertz CT molecular complexity index is 1210. The molecule has 1 aliphatic rings. The summed E-state index contributed by atoms with van der Waals surface area (Å²) in [5.41, 5.74) is 5.98. The van der Waals surface area contributed by atoms with Crippen molar-refractivity contribution in [2.45, 2.75) is 32.4 Å². The lowest BCUT2D eigenvalue weighted by Crippen LogP contribution is -2.23. The Morgan fingerprint density at radius 1 is 0.968 bits per heavy atom. The maximum Gasteiger partial charge on any atom is 0.137 e. The lowest BCUT2D eigenvalue weighted by atomic mass is 10.0. The van der Waals surface area contributed by atoms with Gasteiger partial charge in [0.2, 0.25) is 0 Å². The van der Waals surface area contributed by atoms with Crippen LogP contribution in [0.3, 0.4) is 0 Å². The van der Waals surface area contributed by atoms with E-state index >= 15 is 0 Å². The second-order valence-electron chi connectivity index (χ2n) is 8.27. The van der Waals surface area contributed by atoms with Crippen molar-refractivity contribution in [3.8, 4) is 22.4 Å². The van der Waals surface area contributed by atoms with E-state index in [4.69, 9.17) is 4.98 Å². The van der Waals surface area contributed by atoms with Gasteiger partial charge in [-0.2, -0.15) is 0 Å². The molecule has 0 saturated carbocycles. The molecule has 1 unspecified atom stereocenters. The monoisotopic (exact) mass is 415 g/mol. The Balaban J connectivity index is 1.45. The SMILES string of the molecule is CC(c1ccc(-c2cn3cc(-c4cccc(F)c4CO)ccc3n2)cc1)N1CCCC1. The van der Waals surface area contributed by atoms with Crippen molar-refractivity contribution in [3.63, 3.8) is 0 Å². The van der Waals surface area contributed by atoms with Gasteiger partial charge in [0, 0.05) is 29.6 Å². The minimum atomic E-state index is -0.394. The first-order chi connectivity index (χ1) is 15.1. The summed E-state index contributed by atoms with van der Waals surface area (Å²) in [6.45, 7) is 4.30. The number of aromatic nitrogens is 2. The van der Waals surface area contributed by atoms with E-state index in [0.717, 1.165) is 22.5 Å². The van der Waals surface area contributed by atoms with E-state index < -0.39 is 5.82 Å². The van der Waals surface area contributed by atoms with Crippen molar-refractivity contribution in [2.75, 3.05) is 13.1 Å². The van der Waals surface area contributed by atoms with Crippen LogP contribution in [0.25, 0.3) is 28.0 Å². The zero-order valence-corrected chi connectivity index (χ0v) is 17.6. The normalized spacial score (nSPS) is 15.6. The first-order valence-corrected chi connectivity index (χ1v) is 10.9. The number of benzene rings is 2. The van der Waals surface area contributed by atoms with E-state index in [2.05, 4.69) is 36.1 Å². The second-order valence-corrected chi connectivity index (χ2v) is 8.27. The molecule has 1 N–H and O–H groups in total. The first kappa shape index (κ1) is 19.9. The summed E-state index contributed by atoms with van der Waals surface area (Å²) in [5, 5.41) is 9.60. The standard InChI is InChI=1S/C26H26FN3O/c1-18(29-13-2-3-14-29)19-7-9-20(10-8-19)25-16-30-15-21(11-12-26(30)28-25)22-5-4-6-24(27)23(22)17-31/h4-12,15-16,18,31H,2-3,13-14,17H2,1H3. The third kappa shape index (κ3) is 3.75. The molecule has 1 fully saturated rings. The van der Waals surface area contributed by atoms with Crippen LogP contribution in [-0.2, 0) is 6.61 Å². The molecule has 0 amide bonds. The van der Waals surface area contributed by atoms with Crippen LogP contribution in [-0.4, -0.2) is 32.5 Å². The van der Waals surface area contributed by atoms with Crippen molar-refractivity contribution >= 4 is 5.65 Å². The van der Waals surface area contributed by atoms with Crippen LogP contribution in [0.5, 0.6) is 0 Å². The van der Waals surface area contributed by atoms with E-state index in [1.54, 1.807) is 6.07 Å². The molecule has 4 nitrogen and oxygen atoms in total. The fourth-order valence-corrected chi connectivity index (χ4v) is 4.55. The molecule has 1 atom stereocenters. The van der Waals surface area contributed by atoms with Gasteiger partial charge in [0.15, 0.2) is 0 Å². The number of hydrogen-bond acceptors (Lipinski definition) is 3. The molecule has 5 heteroatoms. The third-order valence-corrected chi connectivity index (χ3v) is 6.42. The van der Waals surface area contributed by atoms with Crippen LogP contribution < -0.4 is 0 Å². The molecule has 1 aliphatic heterocycles. The van der Waals surface area contributed by atoms with Gasteiger partial charge in [-0.3, -0.25) is 4.90 Å². The average molecular weight is 416 g/mol. The summed E-state index contributed by atoms with van der Waals surface area (Å²) in [7, 11) is 0. The first-order valence-electron chi connectivity index (χ1n) is 10.9. The van der Waals surface area contributed by atoms with Gasteiger partial charge in [-0.1, -0.05) is 36.4 Å². The highest BCUT2D eigenvalue weighted by molar-refractivity contribution is 5.70. The summed E-state index contributed by atoms with van der Waals surface area (Å²) in [4.78, 5) is 7.30. The molecule has 0 bridgehead atoms. The van der Waals surface area contributed by atoms with E-state index in [9.17, 15) is 9.50 Å². The number of imidazole rings is 1. The Labute approximate surface area is 181 Å². The van der Waals surface area contributed by atoms with Gasteiger partial charge >= 0.3 is 0 Å². The molecular weight excluding hydrogens is 389 g/mol. The van der Waals surface area contributed by atoms with E-state index in [0.29, 0.717) is 17.2 Å². The Kier molecular flexibility index (Phi) is 5.30. The summed E-state index contributed by atoms with van der Waals surface area (Å²) in [6.07, 6.45) is 6.52. The van der Waals surface area contributed by atoms with Gasteiger partial charge < -0.3 is 9.51 Å². The van der Waals surface area contributed by atoms with Crippen LogP contribution in [0.2, 0.25) is 0 Å². The topological polar surface area (TPSA) is 40.8 Å². The van der Waals surface area contributed by atoms with Crippen molar-refractivity contribution in [2.24, 2.45) is 0 Å². The van der Waals surface area contributed by atoms with Gasteiger partial charge in [-0.05, 0) is 67.7 Å². The number of aliphatic hydroxyl groups excluding tert-OH is 1. The van der Waals surface area contributed by atoms with Crippen LogP contribution in [0.4, 0.5) is 4.39 Å². The second kappa shape index (κ2) is 8.25. The van der Waals surface area contributed by atoms with Crippen LogP contribution in [0.15, 0.2) is 67.0 Å². The molecule has 2 aromatic carbocycles. The lowest BCUT2D eigenvalue weighted by Gasteiger charge is -2.24. The van der Waals surface area contributed by atoms with Crippen molar-refractivity contribution in [3.05, 3.63) is 83.9 Å². The summed E-state index contributed by atoms with van der Waals surface area (Å²) in [6, 6.07) is 17.8. The molecule has 2 aromatic heterocycles. The molecule has 0 spiro atoms. The molecule has 3 heterocycles. The van der Waals surface area contributed by atoms with E-state index in [1.807, 2.05) is 35.0 Å². The zero-order chi connectivity index (χ0) is 21.4. The van der Waals surface area contributed by atoms with Crippen molar-refractivity contribution < 1.29 is 9.50 Å². The number of aliphatic hydroxyl groups is 1. The number of halogens is 1. The third-order valence-electron chi connectivity index (χ3n) is 6.42. The van der Waals surface area contributed by atoms with Gasteiger partial charge in [0.05, 0.1) is 12.3 Å². The van der Waals surface area contributed by atoms with Gasteiger partial charge in [0.25, 0.3) is 0 Å². The predicted molar refractivity (Wildman–Crippen MR) is 121 cm³/mol. The molecule has 4 aromatic rings.